The number of nitrogens with one attached hydrogen (secondary N) is 1. The molecule has 2 aromatic carbocycles. The number of anilines is 1. The highest BCUT2D eigenvalue weighted by atomic mass is 35.5. The summed E-state index contributed by atoms with van der Waals surface area (Å²) in [6.45, 7) is 0.326. The van der Waals surface area contributed by atoms with Crippen molar-refractivity contribution in [2.24, 2.45) is 4.99 Å². The molecule has 0 unspecified atom stereocenters. The van der Waals surface area contributed by atoms with Gasteiger partial charge >= 0.3 is 5.96 Å². The van der Waals surface area contributed by atoms with Crippen molar-refractivity contribution in [3.8, 4) is 5.75 Å². The summed E-state index contributed by atoms with van der Waals surface area (Å²) in [5.74, 6) is 0.727. The van der Waals surface area contributed by atoms with Crippen LogP contribution in [0.2, 0.25) is 5.02 Å². The standard InChI is InChI=1S/C14H12ClN3O/c15-10-5-6-13(19)9(7-10)8-16-14-17-11-3-1-2-4-12(11)18-14/h1-7,19H,8H2,(H2,16,17,18). The average molecular weight is 274 g/mol. The van der Waals surface area contributed by atoms with Crippen molar-refractivity contribution >= 4 is 28.9 Å². The third kappa shape index (κ3) is 2.54. The Morgan fingerprint density at radius 3 is 2.89 bits per heavy atom. The minimum atomic E-state index is -0.0377. The number of guanidine groups is 1. The van der Waals surface area contributed by atoms with Crippen molar-refractivity contribution in [3.05, 3.63) is 53.1 Å². The van der Waals surface area contributed by atoms with Crippen molar-refractivity contribution in [2.45, 2.75) is 6.54 Å². The van der Waals surface area contributed by atoms with Gasteiger partial charge in [0.05, 0.1) is 6.54 Å². The number of benzene rings is 2. The number of halogens is 1. The Kier molecular flexibility index (Phi) is 3.11. The third-order valence-electron chi connectivity index (χ3n) is 2.96. The summed E-state index contributed by atoms with van der Waals surface area (Å²) >= 11 is 5.87. The molecule has 3 N–H and O–H groups in total. The predicted octanol–water partition coefficient (Wildman–Crippen LogP) is 1.59. The van der Waals surface area contributed by atoms with Crippen molar-refractivity contribution in [1.82, 2.24) is 0 Å². The summed E-state index contributed by atoms with van der Waals surface area (Å²) < 4.78 is 0. The smallest absolute Gasteiger partial charge is 0.304 e. The van der Waals surface area contributed by atoms with E-state index in [1.165, 1.54) is 6.07 Å². The first kappa shape index (κ1) is 12.0. The zero-order valence-corrected chi connectivity index (χ0v) is 10.8. The number of hydrogen-bond acceptors (Lipinski definition) is 2. The van der Waals surface area contributed by atoms with Gasteiger partial charge in [0.15, 0.2) is 5.69 Å². The van der Waals surface area contributed by atoms with E-state index in [1.54, 1.807) is 12.1 Å². The quantitative estimate of drug-likeness (QED) is 0.816. The first-order valence-electron chi connectivity index (χ1n) is 5.93. The zero-order chi connectivity index (χ0) is 13.2. The molecule has 0 fully saturated rings. The van der Waals surface area contributed by atoms with Crippen LogP contribution >= 0.6 is 11.6 Å². The molecule has 1 heterocycles. The number of hydrogen-bond donors (Lipinski definition) is 2. The molecule has 0 aliphatic carbocycles. The zero-order valence-electron chi connectivity index (χ0n) is 10.1. The number of fused-ring (bicyclic) bond motifs is 1. The molecule has 4 nitrogen and oxygen atoms in total. The highest BCUT2D eigenvalue weighted by Gasteiger charge is 2.19. The van der Waals surface area contributed by atoms with E-state index in [1.807, 2.05) is 29.6 Å². The molecule has 0 spiro atoms. The summed E-state index contributed by atoms with van der Waals surface area (Å²) in [5, 5.41) is 17.4. The molecular weight excluding hydrogens is 262 g/mol. The fourth-order valence-electron chi connectivity index (χ4n) is 1.99. The second-order valence-electron chi connectivity index (χ2n) is 4.31. The van der Waals surface area contributed by atoms with E-state index in [2.05, 4.69) is 10.3 Å². The molecule has 3 rings (SSSR count). The lowest BCUT2D eigenvalue weighted by molar-refractivity contribution is -0.437. The van der Waals surface area contributed by atoms with E-state index >= 15 is 0 Å². The monoisotopic (exact) mass is 273 g/mol. The maximum Gasteiger partial charge on any atom is 0.304 e. The van der Waals surface area contributed by atoms with Crippen LogP contribution in [0.3, 0.4) is 0 Å². The Morgan fingerprint density at radius 1 is 1.21 bits per heavy atom. The summed E-state index contributed by atoms with van der Waals surface area (Å²) in [6, 6.07) is 12.7. The lowest BCUT2D eigenvalue weighted by Gasteiger charge is -2.11. The van der Waals surface area contributed by atoms with Gasteiger partial charge in [0.1, 0.15) is 5.69 Å². The van der Waals surface area contributed by atoms with E-state index < -0.39 is 0 Å². The van der Waals surface area contributed by atoms with Gasteiger partial charge in [-0.15, -0.1) is 5.75 Å². The van der Waals surface area contributed by atoms with E-state index in [-0.39, 0.29) is 5.75 Å². The van der Waals surface area contributed by atoms with Gasteiger partial charge in [0, 0.05) is 11.1 Å². The van der Waals surface area contributed by atoms with Gasteiger partial charge in [-0.25, -0.2) is 10.3 Å². The second-order valence-corrected chi connectivity index (χ2v) is 4.75. The maximum absolute atomic E-state index is 11.6. The molecule has 0 saturated heterocycles. The Hall–Kier alpha value is -2.04. The van der Waals surface area contributed by atoms with Gasteiger partial charge < -0.3 is 5.11 Å². The molecule has 96 valence electrons. The van der Waals surface area contributed by atoms with Gasteiger partial charge in [-0.1, -0.05) is 29.8 Å². The lowest BCUT2D eigenvalue weighted by Crippen LogP contribution is -2.81. The minimum absolute atomic E-state index is 0.0377. The lowest BCUT2D eigenvalue weighted by atomic mass is 10.2. The van der Waals surface area contributed by atoms with Crippen LogP contribution in [-0.4, -0.2) is 5.96 Å². The van der Waals surface area contributed by atoms with Crippen molar-refractivity contribution in [3.63, 3.8) is 0 Å². The summed E-state index contributed by atoms with van der Waals surface area (Å²) in [7, 11) is 0. The maximum atomic E-state index is 11.6. The summed E-state index contributed by atoms with van der Waals surface area (Å²) in [6.07, 6.45) is 0. The largest absolute Gasteiger partial charge is 0.872 e. The number of nitrogens with zero attached hydrogens (tertiary/aromatic N) is 1. The van der Waals surface area contributed by atoms with Crippen LogP contribution in [0, 0.1) is 0 Å². The van der Waals surface area contributed by atoms with Crippen LogP contribution < -0.4 is 15.7 Å². The SMILES string of the molecule is [O-]c1ccc(Cl)cc1CN=C1Nc2ccccc2[NH2+]1. The van der Waals surface area contributed by atoms with Crippen molar-refractivity contribution in [1.29, 1.82) is 0 Å². The predicted molar refractivity (Wildman–Crippen MR) is 73.7 cm³/mol. The molecule has 19 heavy (non-hydrogen) atoms. The summed E-state index contributed by atoms with van der Waals surface area (Å²) in [5.41, 5.74) is 2.75. The van der Waals surface area contributed by atoms with Crippen LogP contribution in [0.15, 0.2) is 47.5 Å². The van der Waals surface area contributed by atoms with Crippen LogP contribution in [0.5, 0.6) is 5.75 Å². The Balaban J connectivity index is 1.77. The first-order valence-corrected chi connectivity index (χ1v) is 6.31. The summed E-state index contributed by atoms with van der Waals surface area (Å²) in [4.78, 5) is 4.40. The van der Waals surface area contributed by atoms with Crippen LogP contribution in [0.1, 0.15) is 5.56 Å². The van der Waals surface area contributed by atoms with Gasteiger partial charge in [-0.3, -0.25) is 5.32 Å². The minimum Gasteiger partial charge on any atom is -0.872 e. The first-order chi connectivity index (χ1) is 9.22. The molecule has 0 aromatic heterocycles. The molecule has 5 heteroatoms. The number of para-hydroxylation sites is 2. The molecule has 0 amide bonds. The molecule has 0 radical (unpaired) electrons. The van der Waals surface area contributed by atoms with Gasteiger partial charge in [0.25, 0.3) is 0 Å². The number of nitrogens with two attached hydrogens (primary N) is 1. The molecule has 2 aromatic rings. The topological polar surface area (TPSA) is 64.1 Å². The Bertz CT molecular complexity index is 628. The number of rotatable bonds is 2. The Morgan fingerprint density at radius 2 is 2.05 bits per heavy atom. The van der Waals surface area contributed by atoms with Gasteiger partial charge in [0.2, 0.25) is 0 Å². The molecule has 1 aliphatic heterocycles. The van der Waals surface area contributed by atoms with Crippen molar-refractivity contribution in [2.75, 3.05) is 5.32 Å². The normalized spacial score (nSPS) is 15.3. The molecule has 0 atom stereocenters. The second kappa shape index (κ2) is 4.91. The van der Waals surface area contributed by atoms with E-state index in [4.69, 9.17) is 11.6 Å². The average Bonchev–Trinajstić information content (AvgIpc) is 2.82. The fraction of sp³-hybridized carbons (Fsp3) is 0.0714. The molecule has 0 saturated carbocycles. The van der Waals surface area contributed by atoms with Gasteiger partial charge in [-0.05, 0) is 23.8 Å². The fourth-order valence-corrected chi connectivity index (χ4v) is 2.18. The molecule has 0 bridgehead atoms. The number of quaternary nitrogens is 1. The highest BCUT2D eigenvalue weighted by molar-refractivity contribution is 6.30. The van der Waals surface area contributed by atoms with Gasteiger partial charge in [-0.2, -0.15) is 0 Å². The molecule has 1 aliphatic rings. The molecular formula is C14H12ClN3O. The van der Waals surface area contributed by atoms with E-state index in [0.717, 1.165) is 17.3 Å². The van der Waals surface area contributed by atoms with Crippen LogP contribution in [-0.2, 0) is 6.54 Å². The van der Waals surface area contributed by atoms with E-state index in [9.17, 15) is 5.11 Å². The number of aliphatic imine (C=N–C) groups is 1. The highest BCUT2D eigenvalue weighted by Crippen LogP contribution is 2.21. The van der Waals surface area contributed by atoms with Crippen LogP contribution in [0.25, 0.3) is 0 Å². The third-order valence-corrected chi connectivity index (χ3v) is 3.19. The Labute approximate surface area is 115 Å². The van der Waals surface area contributed by atoms with Crippen molar-refractivity contribution < 1.29 is 10.4 Å². The van der Waals surface area contributed by atoms with E-state index in [0.29, 0.717) is 17.1 Å². The van der Waals surface area contributed by atoms with Crippen LogP contribution in [0.4, 0.5) is 11.4 Å².